The van der Waals surface area contributed by atoms with Gasteiger partial charge in [0.15, 0.2) is 0 Å². The molecule has 0 N–H and O–H groups in total. The topological polar surface area (TPSA) is 42.4 Å². The van der Waals surface area contributed by atoms with Crippen molar-refractivity contribution >= 4 is 17.7 Å². The molecule has 1 aromatic heterocycles. The third-order valence-corrected chi connectivity index (χ3v) is 4.34. The first-order valence-corrected chi connectivity index (χ1v) is 8.60. The minimum absolute atomic E-state index is 0.190. The lowest BCUT2D eigenvalue weighted by atomic mass is 10.1. The number of fused-ring (bicyclic) bond motifs is 1. The molecular weight excluding hydrogens is 343 g/mol. The summed E-state index contributed by atoms with van der Waals surface area (Å²) in [6.07, 6.45) is 3.53. The number of hydrogen-bond donors (Lipinski definition) is 0. The predicted molar refractivity (Wildman–Crippen MR) is 102 cm³/mol. The fourth-order valence-electron chi connectivity index (χ4n) is 2.97. The van der Waals surface area contributed by atoms with Gasteiger partial charge in [0.2, 0.25) is 0 Å². The Morgan fingerprint density at radius 1 is 1.04 bits per heavy atom. The van der Waals surface area contributed by atoms with Crippen LogP contribution < -0.4 is 9.64 Å². The standard InChI is InChI=1S/C22H17FN2O2/c23-18-8-10-20(11-9-18)25(14-19-6-3-4-12-24-19)22(26)17-13-16-5-1-2-7-21(16)27-15-17/h1-13H,14-15H2. The summed E-state index contributed by atoms with van der Waals surface area (Å²) in [5.41, 5.74) is 2.75. The van der Waals surface area contributed by atoms with Crippen LogP contribution in [0.25, 0.3) is 6.08 Å². The van der Waals surface area contributed by atoms with Crippen molar-refractivity contribution in [1.29, 1.82) is 0 Å². The smallest absolute Gasteiger partial charge is 0.258 e. The summed E-state index contributed by atoms with van der Waals surface area (Å²) < 4.78 is 19.1. The van der Waals surface area contributed by atoms with E-state index in [-0.39, 0.29) is 24.9 Å². The Morgan fingerprint density at radius 2 is 1.81 bits per heavy atom. The van der Waals surface area contributed by atoms with Crippen molar-refractivity contribution in [2.24, 2.45) is 0 Å². The Balaban J connectivity index is 1.69. The Morgan fingerprint density at radius 3 is 2.59 bits per heavy atom. The zero-order valence-corrected chi connectivity index (χ0v) is 14.5. The van der Waals surface area contributed by atoms with Crippen LogP contribution in [0.1, 0.15) is 11.3 Å². The molecule has 0 aliphatic carbocycles. The second-order valence-electron chi connectivity index (χ2n) is 6.18. The number of rotatable bonds is 4. The molecule has 4 rings (SSSR count). The van der Waals surface area contributed by atoms with Crippen LogP contribution in [0.5, 0.6) is 5.75 Å². The van der Waals surface area contributed by atoms with Crippen molar-refractivity contribution in [2.75, 3.05) is 11.5 Å². The first-order valence-electron chi connectivity index (χ1n) is 8.60. The van der Waals surface area contributed by atoms with Gasteiger partial charge in [0.1, 0.15) is 18.2 Å². The van der Waals surface area contributed by atoms with Gasteiger partial charge in [0.05, 0.1) is 17.8 Å². The number of benzene rings is 2. The second kappa shape index (κ2) is 7.41. The Labute approximate surface area is 156 Å². The Bertz CT molecular complexity index is 985. The number of para-hydroxylation sites is 1. The number of aromatic nitrogens is 1. The molecule has 0 unspecified atom stereocenters. The average molecular weight is 360 g/mol. The van der Waals surface area contributed by atoms with Gasteiger partial charge < -0.3 is 9.64 Å². The summed E-state index contributed by atoms with van der Waals surface area (Å²) in [5, 5.41) is 0. The van der Waals surface area contributed by atoms with E-state index in [9.17, 15) is 9.18 Å². The number of halogens is 1. The fourth-order valence-corrected chi connectivity index (χ4v) is 2.97. The highest BCUT2D eigenvalue weighted by molar-refractivity contribution is 6.09. The molecular formula is C22H17FN2O2. The second-order valence-corrected chi connectivity index (χ2v) is 6.18. The number of anilines is 1. The van der Waals surface area contributed by atoms with Crippen LogP contribution in [0, 0.1) is 5.82 Å². The quantitative estimate of drug-likeness (QED) is 0.699. The van der Waals surface area contributed by atoms with Gasteiger partial charge in [0.25, 0.3) is 5.91 Å². The lowest BCUT2D eigenvalue weighted by Crippen LogP contribution is -2.34. The van der Waals surface area contributed by atoms with Gasteiger partial charge in [-0.05, 0) is 48.5 Å². The zero-order valence-electron chi connectivity index (χ0n) is 14.5. The van der Waals surface area contributed by atoms with Gasteiger partial charge >= 0.3 is 0 Å². The van der Waals surface area contributed by atoms with Crippen molar-refractivity contribution in [3.8, 4) is 5.75 Å². The van der Waals surface area contributed by atoms with Crippen LogP contribution in [0.2, 0.25) is 0 Å². The molecule has 0 atom stereocenters. The van der Waals surface area contributed by atoms with E-state index in [1.54, 1.807) is 23.2 Å². The monoisotopic (exact) mass is 360 g/mol. The summed E-state index contributed by atoms with van der Waals surface area (Å²) >= 11 is 0. The summed E-state index contributed by atoms with van der Waals surface area (Å²) in [5.74, 6) is 0.215. The molecule has 1 aliphatic rings. The first kappa shape index (κ1) is 17.0. The third-order valence-electron chi connectivity index (χ3n) is 4.34. The lowest BCUT2D eigenvalue weighted by molar-refractivity contribution is -0.115. The van der Waals surface area contributed by atoms with E-state index in [0.29, 0.717) is 11.3 Å². The molecule has 0 saturated carbocycles. The number of nitrogens with zero attached hydrogens (tertiary/aromatic N) is 2. The van der Waals surface area contributed by atoms with Gasteiger partial charge in [-0.3, -0.25) is 9.78 Å². The van der Waals surface area contributed by atoms with Gasteiger partial charge in [-0.1, -0.05) is 24.3 Å². The molecule has 0 saturated heterocycles. The van der Waals surface area contributed by atoms with E-state index in [4.69, 9.17) is 4.74 Å². The highest BCUT2D eigenvalue weighted by atomic mass is 19.1. The highest BCUT2D eigenvalue weighted by Gasteiger charge is 2.24. The van der Waals surface area contributed by atoms with Crippen molar-refractivity contribution in [1.82, 2.24) is 4.98 Å². The van der Waals surface area contributed by atoms with E-state index < -0.39 is 0 Å². The molecule has 1 aliphatic heterocycles. The fraction of sp³-hybridized carbons (Fsp3) is 0.0909. The lowest BCUT2D eigenvalue weighted by Gasteiger charge is -2.26. The Hall–Kier alpha value is -3.47. The van der Waals surface area contributed by atoms with Gasteiger partial charge in [-0.2, -0.15) is 0 Å². The van der Waals surface area contributed by atoms with E-state index >= 15 is 0 Å². The van der Waals surface area contributed by atoms with Crippen LogP contribution in [0.3, 0.4) is 0 Å². The van der Waals surface area contributed by atoms with Gasteiger partial charge in [-0.15, -0.1) is 0 Å². The van der Waals surface area contributed by atoms with Gasteiger partial charge in [-0.25, -0.2) is 4.39 Å². The number of hydrogen-bond acceptors (Lipinski definition) is 3. The molecule has 27 heavy (non-hydrogen) atoms. The number of carbonyl (C=O) groups is 1. The van der Waals surface area contributed by atoms with E-state index in [1.165, 1.54) is 12.1 Å². The van der Waals surface area contributed by atoms with Crippen LogP contribution >= 0.6 is 0 Å². The van der Waals surface area contributed by atoms with Gasteiger partial charge in [0, 0.05) is 17.4 Å². The first-order chi connectivity index (χ1) is 13.2. The molecule has 0 fully saturated rings. The molecule has 0 spiro atoms. The molecule has 0 bridgehead atoms. The van der Waals surface area contributed by atoms with E-state index in [1.807, 2.05) is 48.5 Å². The predicted octanol–water partition coefficient (Wildman–Crippen LogP) is 4.23. The number of ether oxygens (including phenoxy) is 1. The molecule has 1 amide bonds. The summed E-state index contributed by atoms with van der Waals surface area (Å²) in [4.78, 5) is 19.1. The minimum atomic E-state index is -0.349. The average Bonchev–Trinajstić information content (AvgIpc) is 2.73. The van der Waals surface area contributed by atoms with Crippen LogP contribution in [-0.2, 0) is 11.3 Å². The van der Waals surface area contributed by atoms with E-state index in [2.05, 4.69) is 4.98 Å². The van der Waals surface area contributed by atoms with Crippen LogP contribution in [0.4, 0.5) is 10.1 Å². The Kier molecular flexibility index (Phi) is 4.66. The maximum atomic E-state index is 13.4. The molecule has 3 aromatic rings. The zero-order chi connectivity index (χ0) is 18.6. The molecule has 4 nitrogen and oxygen atoms in total. The summed E-state index contributed by atoms with van der Waals surface area (Å²) in [6.45, 7) is 0.472. The normalized spacial score (nSPS) is 12.6. The number of pyridine rings is 1. The van der Waals surface area contributed by atoms with Crippen molar-refractivity contribution < 1.29 is 13.9 Å². The minimum Gasteiger partial charge on any atom is -0.488 e. The van der Waals surface area contributed by atoms with Crippen LogP contribution in [0.15, 0.2) is 78.5 Å². The largest absolute Gasteiger partial charge is 0.488 e. The van der Waals surface area contributed by atoms with E-state index in [0.717, 1.165) is 17.0 Å². The number of carbonyl (C=O) groups excluding carboxylic acids is 1. The maximum Gasteiger partial charge on any atom is 0.258 e. The molecule has 5 heteroatoms. The maximum absolute atomic E-state index is 13.4. The molecule has 2 heterocycles. The SMILES string of the molecule is O=C(C1=Cc2ccccc2OC1)N(Cc1ccccn1)c1ccc(F)cc1. The highest BCUT2D eigenvalue weighted by Crippen LogP contribution is 2.28. The van der Waals surface area contributed by atoms with Crippen LogP contribution in [-0.4, -0.2) is 17.5 Å². The molecule has 0 radical (unpaired) electrons. The summed E-state index contributed by atoms with van der Waals surface area (Å²) in [7, 11) is 0. The summed E-state index contributed by atoms with van der Waals surface area (Å²) in [6, 6.07) is 19.0. The van der Waals surface area contributed by atoms with Crippen molar-refractivity contribution in [2.45, 2.75) is 6.54 Å². The van der Waals surface area contributed by atoms with Crippen molar-refractivity contribution in [3.63, 3.8) is 0 Å². The van der Waals surface area contributed by atoms with Crippen molar-refractivity contribution in [3.05, 3.63) is 95.6 Å². The molecule has 2 aromatic carbocycles. The third kappa shape index (κ3) is 3.72. The molecule has 134 valence electrons. The number of amides is 1.